The monoisotopic (exact) mass is 316 g/mol. The van der Waals surface area contributed by atoms with Crippen molar-refractivity contribution >= 4 is 0 Å². The van der Waals surface area contributed by atoms with Gasteiger partial charge in [-0.1, -0.05) is 13.8 Å². The van der Waals surface area contributed by atoms with Crippen molar-refractivity contribution in [3.63, 3.8) is 0 Å². The molecule has 3 rings (SSSR count). The Morgan fingerprint density at radius 3 is 2.96 bits per heavy atom. The molecule has 0 saturated heterocycles. The van der Waals surface area contributed by atoms with E-state index in [1.165, 1.54) is 6.20 Å². The van der Waals surface area contributed by atoms with E-state index in [1.807, 2.05) is 12.1 Å². The molecule has 1 aromatic heterocycles. The quantitative estimate of drug-likeness (QED) is 0.917. The average molecular weight is 316 g/mol. The minimum Gasteiger partial charge on any atom is -0.492 e. The van der Waals surface area contributed by atoms with E-state index in [4.69, 9.17) is 15.2 Å². The molecule has 23 heavy (non-hydrogen) atoms. The normalized spacial score (nSPS) is 14.0. The van der Waals surface area contributed by atoms with Crippen LogP contribution in [0.25, 0.3) is 11.1 Å². The van der Waals surface area contributed by atoms with Crippen LogP contribution in [0.15, 0.2) is 30.6 Å². The summed E-state index contributed by atoms with van der Waals surface area (Å²) < 4.78 is 25.5. The Labute approximate surface area is 135 Å². The second kappa shape index (κ2) is 6.54. The number of rotatable bonds is 5. The molecule has 0 spiro atoms. The summed E-state index contributed by atoms with van der Waals surface area (Å²) in [6, 6.07) is 5.43. The molecular weight excluding hydrogens is 295 g/mol. The lowest BCUT2D eigenvalue weighted by molar-refractivity contribution is 0.265. The van der Waals surface area contributed by atoms with E-state index in [2.05, 4.69) is 18.8 Å². The predicted octanol–water partition coefficient (Wildman–Crippen LogP) is 3.53. The largest absolute Gasteiger partial charge is 0.492 e. The van der Waals surface area contributed by atoms with Gasteiger partial charge in [-0.25, -0.2) is 4.39 Å². The van der Waals surface area contributed by atoms with Crippen molar-refractivity contribution < 1.29 is 13.9 Å². The summed E-state index contributed by atoms with van der Waals surface area (Å²) in [7, 11) is 0. The van der Waals surface area contributed by atoms with E-state index in [0.717, 1.165) is 17.5 Å². The number of hydrogen-bond donors (Lipinski definition) is 1. The Kier molecular flexibility index (Phi) is 4.48. The number of hydrogen-bond acceptors (Lipinski definition) is 4. The number of halogens is 1. The number of pyridine rings is 1. The van der Waals surface area contributed by atoms with Crippen molar-refractivity contribution in [3.8, 4) is 22.6 Å². The molecular formula is C18H21FN2O2. The molecule has 1 aliphatic heterocycles. The molecule has 0 amide bonds. The Morgan fingerprint density at radius 2 is 2.17 bits per heavy atom. The third-order valence-corrected chi connectivity index (χ3v) is 3.82. The van der Waals surface area contributed by atoms with Crippen molar-refractivity contribution in [1.29, 1.82) is 0 Å². The maximum atomic E-state index is 14.1. The van der Waals surface area contributed by atoms with Crippen LogP contribution in [0.1, 0.15) is 25.8 Å². The molecule has 4 nitrogen and oxygen atoms in total. The van der Waals surface area contributed by atoms with Crippen molar-refractivity contribution in [1.82, 2.24) is 4.98 Å². The molecule has 1 aromatic carbocycles. The second-order valence-electron chi connectivity index (χ2n) is 6.30. The van der Waals surface area contributed by atoms with Gasteiger partial charge in [0.2, 0.25) is 0 Å². The predicted molar refractivity (Wildman–Crippen MR) is 86.9 cm³/mol. The van der Waals surface area contributed by atoms with Crippen molar-refractivity contribution in [2.45, 2.75) is 32.9 Å². The van der Waals surface area contributed by atoms with E-state index < -0.39 is 0 Å². The van der Waals surface area contributed by atoms with Gasteiger partial charge < -0.3 is 15.2 Å². The number of nitrogens with zero attached hydrogens (tertiary/aromatic N) is 1. The van der Waals surface area contributed by atoms with Gasteiger partial charge in [-0.05, 0) is 24.5 Å². The van der Waals surface area contributed by atoms with Crippen LogP contribution in [-0.4, -0.2) is 17.6 Å². The highest BCUT2D eigenvalue weighted by Gasteiger charge is 2.21. The first-order valence-electron chi connectivity index (χ1n) is 7.82. The van der Waals surface area contributed by atoms with Gasteiger partial charge >= 0.3 is 0 Å². The molecule has 1 unspecified atom stereocenters. The highest BCUT2D eigenvalue weighted by molar-refractivity contribution is 5.75. The number of nitrogens with two attached hydrogens (primary N) is 1. The number of benzene rings is 1. The maximum absolute atomic E-state index is 14.1. The fourth-order valence-electron chi connectivity index (χ4n) is 2.84. The van der Waals surface area contributed by atoms with E-state index in [0.29, 0.717) is 36.2 Å². The molecule has 0 aliphatic carbocycles. The molecule has 1 aliphatic rings. The van der Waals surface area contributed by atoms with Crippen LogP contribution in [-0.2, 0) is 6.61 Å². The Balaban J connectivity index is 1.78. The molecule has 2 aromatic rings. The first-order valence-corrected chi connectivity index (χ1v) is 7.82. The van der Waals surface area contributed by atoms with Gasteiger partial charge in [0, 0.05) is 35.0 Å². The molecule has 2 N–H and O–H groups in total. The van der Waals surface area contributed by atoms with Gasteiger partial charge in [0.15, 0.2) is 0 Å². The van der Waals surface area contributed by atoms with Crippen LogP contribution in [0.4, 0.5) is 4.39 Å². The second-order valence-corrected chi connectivity index (χ2v) is 6.30. The molecule has 0 bridgehead atoms. The fourth-order valence-corrected chi connectivity index (χ4v) is 2.84. The molecule has 1 atom stereocenters. The maximum Gasteiger partial charge on any atom is 0.149 e. The number of aromatic nitrogens is 1. The summed E-state index contributed by atoms with van der Waals surface area (Å²) in [5.41, 5.74) is 8.07. The summed E-state index contributed by atoms with van der Waals surface area (Å²) in [5, 5.41) is 0. The summed E-state index contributed by atoms with van der Waals surface area (Å²) in [5.74, 6) is 1.51. The van der Waals surface area contributed by atoms with E-state index >= 15 is 0 Å². The van der Waals surface area contributed by atoms with Crippen molar-refractivity contribution in [2.24, 2.45) is 11.7 Å². The standard InChI is InChI=1S/C18H21FN2O2/c1-11(2)5-13(20)10-22-14-3-4-15-17(6-14)23-9-12-7-21-8-16(19)18(12)15/h3-4,6-8,11,13H,5,9-10,20H2,1-2H3. The van der Waals surface area contributed by atoms with Crippen LogP contribution in [0.2, 0.25) is 0 Å². The van der Waals surface area contributed by atoms with Gasteiger partial charge in [-0.15, -0.1) is 0 Å². The van der Waals surface area contributed by atoms with E-state index in [-0.39, 0.29) is 11.9 Å². The van der Waals surface area contributed by atoms with Gasteiger partial charge in [0.25, 0.3) is 0 Å². The first kappa shape index (κ1) is 15.7. The molecule has 0 saturated carbocycles. The van der Waals surface area contributed by atoms with Crippen molar-refractivity contribution in [3.05, 3.63) is 42.0 Å². The summed E-state index contributed by atoms with van der Waals surface area (Å²) >= 11 is 0. The van der Waals surface area contributed by atoms with Crippen LogP contribution in [0.5, 0.6) is 11.5 Å². The van der Waals surface area contributed by atoms with Crippen LogP contribution >= 0.6 is 0 Å². The van der Waals surface area contributed by atoms with Gasteiger partial charge in [0.1, 0.15) is 30.5 Å². The third-order valence-electron chi connectivity index (χ3n) is 3.82. The third kappa shape index (κ3) is 3.45. The highest BCUT2D eigenvalue weighted by Crippen LogP contribution is 2.40. The zero-order valence-corrected chi connectivity index (χ0v) is 13.4. The first-order chi connectivity index (χ1) is 11.0. The lowest BCUT2D eigenvalue weighted by Crippen LogP contribution is -2.29. The zero-order chi connectivity index (χ0) is 16.4. The van der Waals surface area contributed by atoms with E-state index in [1.54, 1.807) is 12.3 Å². The molecule has 5 heteroatoms. The Hall–Kier alpha value is -2.14. The van der Waals surface area contributed by atoms with Gasteiger partial charge in [-0.2, -0.15) is 0 Å². The Morgan fingerprint density at radius 1 is 1.35 bits per heavy atom. The van der Waals surface area contributed by atoms with Crippen LogP contribution < -0.4 is 15.2 Å². The molecule has 0 radical (unpaired) electrons. The molecule has 0 fully saturated rings. The smallest absolute Gasteiger partial charge is 0.149 e. The topological polar surface area (TPSA) is 57.4 Å². The van der Waals surface area contributed by atoms with Crippen LogP contribution in [0, 0.1) is 11.7 Å². The van der Waals surface area contributed by atoms with Gasteiger partial charge in [0.05, 0.1) is 6.20 Å². The number of ether oxygens (including phenoxy) is 2. The van der Waals surface area contributed by atoms with Crippen LogP contribution in [0.3, 0.4) is 0 Å². The fraction of sp³-hybridized carbons (Fsp3) is 0.389. The highest BCUT2D eigenvalue weighted by atomic mass is 19.1. The van der Waals surface area contributed by atoms with Crippen molar-refractivity contribution in [2.75, 3.05) is 6.61 Å². The SMILES string of the molecule is CC(C)CC(N)COc1ccc2c(c1)OCc1cncc(F)c1-2. The summed E-state index contributed by atoms with van der Waals surface area (Å²) in [6.45, 7) is 5.02. The molecule has 2 heterocycles. The van der Waals surface area contributed by atoms with Gasteiger partial charge in [-0.3, -0.25) is 4.98 Å². The number of fused-ring (bicyclic) bond motifs is 3. The zero-order valence-electron chi connectivity index (χ0n) is 13.4. The molecule has 122 valence electrons. The summed E-state index contributed by atoms with van der Waals surface area (Å²) in [6.07, 6.45) is 3.77. The lowest BCUT2D eigenvalue weighted by Gasteiger charge is -2.22. The van der Waals surface area contributed by atoms with E-state index in [9.17, 15) is 4.39 Å². The minimum atomic E-state index is -0.334. The lowest BCUT2D eigenvalue weighted by atomic mass is 9.98. The average Bonchev–Trinajstić information content (AvgIpc) is 2.52. The Bertz CT molecular complexity index is 703. The minimum absolute atomic E-state index is 0.00352. The summed E-state index contributed by atoms with van der Waals surface area (Å²) in [4.78, 5) is 3.87.